The van der Waals surface area contributed by atoms with Crippen molar-refractivity contribution in [3.8, 4) is 100 Å². The molecule has 0 fully saturated rings. The highest BCUT2D eigenvalue weighted by Crippen LogP contribution is 2.57. The summed E-state index contributed by atoms with van der Waals surface area (Å²) < 4.78 is 147. The first-order chi connectivity index (χ1) is 71.7. The average molecular weight is 1740 g/mol. The Balaban J connectivity index is 0.862. The summed E-state index contributed by atoms with van der Waals surface area (Å²) in [6.07, 6.45) is 0. The molecule has 4 heterocycles. The minimum absolute atomic E-state index is 0.00676. The number of rotatable bonds is 12. The molecule has 135 heavy (non-hydrogen) atoms. The van der Waals surface area contributed by atoms with Gasteiger partial charge in [0.25, 0.3) is 6.71 Å². The maximum absolute atomic E-state index is 10.8. The monoisotopic (exact) mass is 1740 g/mol. The van der Waals surface area contributed by atoms with Crippen molar-refractivity contribution in [3.63, 3.8) is 0 Å². The Labute approximate surface area is 809 Å². The summed E-state index contributed by atoms with van der Waals surface area (Å²) in [5, 5.41) is 8.77. The van der Waals surface area contributed by atoms with Crippen LogP contribution in [0.2, 0.25) is 0 Å². The van der Waals surface area contributed by atoms with Crippen molar-refractivity contribution in [3.05, 3.63) is 453 Å². The number of para-hydroxylation sites is 2. The van der Waals surface area contributed by atoms with Gasteiger partial charge in [0.2, 0.25) is 0 Å². The summed E-state index contributed by atoms with van der Waals surface area (Å²) in [5.41, 5.74) is 20.7. The number of benzene rings is 21. The average Bonchev–Trinajstić information content (AvgIpc) is 1.63. The van der Waals surface area contributed by atoms with Gasteiger partial charge in [-0.15, -0.1) is 0 Å². The third kappa shape index (κ3) is 13.6. The van der Waals surface area contributed by atoms with E-state index in [-0.39, 0.29) is 91.0 Å². The van der Waals surface area contributed by atoms with E-state index in [0.29, 0.717) is 33.9 Å². The van der Waals surface area contributed by atoms with E-state index < -0.39 is 71.3 Å². The molecular weight excluding hydrogens is 1630 g/mol. The second kappa shape index (κ2) is 31.3. The van der Waals surface area contributed by atoms with Gasteiger partial charge in [-0.2, -0.15) is 0 Å². The van der Waals surface area contributed by atoms with Crippen LogP contribution < -0.4 is 26.2 Å². The first kappa shape index (κ1) is 67.2. The normalized spacial score (nSPS) is 14.2. The Bertz CT molecular complexity index is 9520. The van der Waals surface area contributed by atoms with Crippen molar-refractivity contribution in [1.82, 2.24) is 9.13 Å². The molecule has 23 aromatic rings. The molecule has 4 nitrogen and oxygen atoms in total. The van der Waals surface area contributed by atoms with Gasteiger partial charge in [-0.1, -0.05) is 378 Å². The van der Waals surface area contributed by atoms with Crippen molar-refractivity contribution in [2.75, 3.05) is 9.80 Å². The van der Waals surface area contributed by atoms with Crippen LogP contribution in [0.3, 0.4) is 0 Å². The summed E-state index contributed by atoms with van der Waals surface area (Å²) >= 11 is 0. The molecular formula is C130H99BN4. The lowest BCUT2D eigenvalue weighted by Crippen LogP contribution is -2.61. The first-order valence-electron chi connectivity index (χ1n) is 53.5. The number of anilines is 6. The Kier molecular flexibility index (Phi) is 15.6. The summed E-state index contributed by atoms with van der Waals surface area (Å²) in [4.78, 5) is 4.87. The molecule has 2 aliphatic heterocycles. The zero-order valence-corrected chi connectivity index (χ0v) is 76.4. The highest BCUT2D eigenvalue weighted by Gasteiger charge is 2.47. The molecule has 0 saturated carbocycles. The smallest absolute Gasteiger partial charge is 0.252 e. The quantitative estimate of drug-likeness (QED) is 0.0895. The van der Waals surface area contributed by atoms with Gasteiger partial charge >= 0.3 is 0 Å². The fraction of sp³-hybridized carbons (Fsp3) is 0.0923. The van der Waals surface area contributed by atoms with Gasteiger partial charge in [-0.3, -0.25) is 0 Å². The van der Waals surface area contributed by atoms with E-state index in [9.17, 15) is 19.2 Å². The van der Waals surface area contributed by atoms with E-state index in [0.717, 1.165) is 166 Å². The van der Waals surface area contributed by atoms with Gasteiger partial charge < -0.3 is 18.9 Å². The molecule has 0 aliphatic carbocycles. The number of hydrogen-bond donors (Lipinski definition) is 0. The third-order valence-electron chi connectivity index (χ3n) is 27.9. The number of fused-ring (bicyclic) bond motifs is 16. The molecule has 0 N–H and O–H groups in total. The lowest BCUT2D eigenvalue weighted by Gasteiger charge is -2.47. The first-order valence-corrected chi connectivity index (χ1v) is 46.5. The standard InChI is InChI=1S/C130H99BN4/c1-128(2,3)98-74-109(84-36-18-12-19-37-84)126(110(75-98)85-38-20-13-21-39-85)134-121-80-101(132-117-50-28-26-48-107(117)113-72-92(58-66-119(113)132)90-44-30-42-88(68-90)82-32-14-10-15-33-82)60-64-115(121)131-116-65-61-102(133-118-51-29-27-49-108(118)114-73-93(59-67-120(114)133)91-45-31-43-89(69-91)83-34-16-11-17-35-83)81-122(116)135(124-79-100(130(7,8)9)78-123(134)125(124)131)127-111(96-56-62-105-94(70-96)54-52-86-40-22-24-46-103(86)105)76-99(129(4,5)6)77-112(127)97-57-63-106-95(71-97)55-53-87-41-23-25-47-104(87)106/h10-81H,1-9H3/i26D,27D,28D,29D,48D,49D,50D,51D,58D,59D,66D,67D,72D,73D. The Morgan fingerprint density at radius 3 is 0.963 bits per heavy atom. The van der Waals surface area contributed by atoms with Crippen LogP contribution in [0.1, 0.15) is 98.2 Å². The van der Waals surface area contributed by atoms with E-state index in [1.807, 2.05) is 133 Å². The minimum atomic E-state index is -0.806. The molecule has 2 aromatic heterocycles. The van der Waals surface area contributed by atoms with E-state index in [4.69, 9.17) is 0 Å². The molecule has 25 rings (SSSR count). The molecule has 0 bridgehead atoms. The van der Waals surface area contributed by atoms with Crippen molar-refractivity contribution >= 4 is 144 Å². The predicted octanol–water partition coefficient (Wildman–Crippen LogP) is 33.8. The fourth-order valence-electron chi connectivity index (χ4n) is 21.1. The third-order valence-corrected chi connectivity index (χ3v) is 27.9. The van der Waals surface area contributed by atoms with Crippen molar-refractivity contribution in [2.45, 2.75) is 78.6 Å². The van der Waals surface area contributed by atoms with Gasteiger partial charge in [-0.25, -0.2) is 0 Å². The Hall–Kier alpha value is -16.1. The van der Waals surface area contributed by atoms with E-state index >= 15 is 0 Å². The van der Waals surface area contributed by atoms with Gasteiger partial charge in [0.15, 0.2) is 0 Å². The lowest BCUT2D eigenvalue weighted by molar-refractivity contribution is 0.590. The van der Waals surface area contributed by atoms with Crippen LogP contribution in [0.15, 0.2) is 436 Å². The highest BCUT2D eigenvalue weighted by molar-refractivity contribution is 7.00. The fourth-order valence-corrected chi connectivity index (χ4v) is 21.1. The van der Waals surface area contributed by atoms with E-state index in [1.54, 1.807) is 9.13 Å². The number of aromatic nitrogens is 2. The topological polar surface area (TPSA) is 16.3 Å². The summed E-state index contributed by atoms with van der Waals surface area (Å²) in [7, 11) is 0. The van der Waals surface area contributed by atoms with Crippen molar-refractivity contribution < 1.29 is 19.2 Å². The van der Waals surface area contributed by atoms with Gasteiger partial charge in [-0.05, 0) is 280 Å². The molecule has 0 unspecified atom stereocenters. The molecule has 0 radical (unpaired) electrons. The molecule has 0 saturated heterocycles. The van der Waals surface area contributed by atoms with Crippen LogP contribution in [0.5, 0.6) is 0 Å². The minimum Gasteiger partial charge on any atom is -0.310 e. The van der Waals surface area contributed by atoms with Gasteiger partial charge in [0.05, 0.1) is 52.6 Å². The summed E-state index contributed by atoms with van der Waals surface area (Å²) in [5.74, 6) is 0. The lowest BCUT2D eigenvalue weighted by atomic mass is 9.33. The molecule has 5 heteroatoms. The van der Waals surface area contributed by atoms with Crippen molar-refractivity contribution in [1.29, 1.82) is 0 Å². The van der Waals surface area contributed by atoms with Gasteiger partial charge in [0.1, 0.15) is 0 Å². The molecule has 21 aromatic carbocycles. The zero-order chi connectivity index (χ0) is 103. The second-order valence-corrected chi connectivity index (χ2v) is 39.2. The summed E-state index contributed by atoms with van der Waals surface area (Å²) in [6, 6.07) is 116. The molecule has 0 amide bonds. The second-order valence-electron chi connectivity index (χ2n) is 39.2. The largest absolute Gasteiger partial charge is 0.310 e. The number of nitrogens with zero attached hydrogens (tertiary/aromatic N) is 4. The Morgan fingerprint density at radius 2 is 0.556 bits per heavy atom. The zero-order valence-electron chi connectivity index (χ0n) is 90.4. The van der Waals surface area contributed by atoms with Crippen molar-refractivity contribution in [2.24, 2.45) is 0 Å². The maximum Gasteiger partial charge on any atom is 0.252 e. The van der Waals surface area contributed by atoms with E-state index in [1.165, 1.54) is 0 Å². The Morgan fingerprint density at radius 1 is 0.222 bits per heavy atom. The van der Waals surface area contributed by atoms with Crippen LogP contribution in [-0.2, 0) is 16.2 Å². The maximum atomic E-state index is 10.8. The van der Waals surface area contributed by atoms with Crippen LogP contribution >= 0.6 is 0 Å². The molecule has 642 valence electrons. The van der Waals surface area contributed by atoms with Gasteiger partial charge in [0, 0.05) is 77.9 Å². The highest BCUT2D eigenvalue weighted by atomic mass is 15.2. The molecule has 0 spiro atoms. The molecule has 0 atom stereocenters. The van der Waals surface area contributed by atoms with Crippen LogP contribution in [0.4, 0.5) is 34.1 Å². The van der Waals surface area contributed by atoms with Crippen LogP contribution in [0, 0.1) is 0 Å². The SMILES string of the molecule is [2H]c1c([2H])c([2H])c2c(c1[2H])c1c([2H])c(-c3cccc(-c4ccccc4)c3)c([2H])c([2H])c1n2-c1ccc2c(c1)N(c1c(-c3ccccc3)cc(C(C)(C)C)cc1-c1ccccc1)c1cc(C(C)(C)C)cc3c1B2c1ccc(-n2c4c([2H])c([2H])c([2H])c([2H])c4c4c([2H])c(-c5cccc(-c6ccccc6)c5)c([2H])c([2H])c42)cc1N3c1c(-c2ccc3c(ccc4ccccc43)c2)cc(C(C)(C)C)cc1-c1ccc2c(ccc3ccccc32)c1. The predicted molar refractivity (Wildman–Crippen MR) is 579 cm³/mol. The molecule has 2 aliphatic rings. The number of hydrogen-bond acceptors (Lipinski definition) is 2. The van der Waals surface area contributed by atoms with Crippen LogP contribution in [-0.4, -0.2) is 15.8 Å². The van der Waals surface area contributed by atoms with E-state index in [2.05, 4.69) is 291 Å². The van der Waals surface area contributed by atoms with Crippen LogP contribution in [0.25, 0.3) is 187 Å². The summed E-state index contributed by atoms with van der Waals surface area (Å²) in [6.45, 7) is 19.4.